The molecule has 0 saturated carbocycles. The predicted octanol–water partition coefficient (Wildman–Crippen LogP) is 1.26. The number of hydrogen-bond donors (Lipinski definition) is 4. The number of H-pyrrole nitrogens is 1. The van der Waals surface area contributed by atoms with Crippen molar-refractivity contribution in [2.24, 2.45) is 0 Å². The third-order valence-corrected chi connectivity index (χ3v) is 5.22. The van der Waals surface area contributed by atoms with Gasteiger partial charge in [-0.1, -0.05) is 0 Å². The third kappa shape index (κ3) is 4.77. The molecule has 1 aliphatic rings. The fourth-order valence-corrected chi connectivity index (χ4v) is 3.67. The van der Waals surface area contributed by atoms with Crippen LogP contribution in [0.5, 0.6) is 0 Å². The lowest BCUT2D eigenvalue weighted by atomic mass is 10.0. The van der Waals surface area contributed by atoms with Crippen LogP contribution in [0, 0.1) is 0 Å². The molecule has 2 aromatic rings. The van der Waals surface area contributed by atoms with Gasteiger partial charge in [-0.3, -0.25) is 24.1 Å². The maximum Gasteiger partial charge on any atom is 0.325 e. The van der Waals surface area contributed by atoms with E-state index >= 15 is 0 Å². The molecule has 10 heteroatoms. The Morgan fingerprint density at radius 2 is 1.80 bits per heavy atom. The van der Waals surface area contributed by atoms with E-state index in [-0.39, 0.29) is 18.7 Å². The zero-order valence-electron chi connectivity index (χ0n) is 16.6. The van der Waals surface area contributed by atoms with Crippen LogP contribution in [0.1, 0.15) is 31.4 Å². The van der Waals surface area contributed by atoms with Gasteiger partial charge in [0.1, 0.15) is 6.04 Å². The zero-order chi connectivity index (χ0) is 21.8. The number of amides is 2. The Hall–Kier alpha value is -3.40. The number of carboxylic acids is 2. The molecule has 0 bridgehead atoms. The first-order valence-corrected chi connectivity index (χ1v) is 9.61. The largest absolute Gasteiger partial charge is 0.481 e. The first kappa shape index (κ1) is 21.3. The monoisotopic (exact) mass is 416 g/mol. The second kappa shape index (κ2) is 8.95. The normalized spacial score (nSPS) is 15.7. The summed E-state index contributed by atoms with van der Waals surface area (Å²) in [4.78, 5) is 52.8. The number of piperazine rings is 1. The van der Waals surface area contributed by atoms with Gasteiger partial charge < -0.3 is 25.4 Å². The van der Waals surface area contributed by atoms with Crippen molar-refractivity contribution in [1.29, 1.82) is 0 Å². The van der Waals surface area contributed by atoms with Gasteiger partial charge in [-0.25, -0.2) is 0 Å². The van der Waals surface area contributed by atoms with Gasteiger partial charge in [0, 0.05) is 67.9 Å². The van der Waals surface area contributed by atoms with E-state index in [4.69, 9.17) is 5.11 Å². The Morgan fingerprint density at radius 1 is 1.10 bits per heavy atom. The molecule has 30 heavy (non-hydrogen) atoms. The number of carbonyl (C=O) groups is 4. The van der Waals surface area contributed by atoms with Gasteiger partial charge in [0.2, 0.25) is 11.8 Å². The van der Waals surface area contributed by atoms with Gasteiger partial charge in [0.05, 0.1) is 6.42 Å². The van der Waals surface area contributed by atoms with Crippen molar-refractivity contribution >= 4 is 40.3 Å². The van der Waals surface area contributed by atoms with Crippen LogP contribution in [0.2, 0.25) is 0 Å². The standard InChI is InChI=1S/C20H24N4O6/c1-12(25)23-6-8-24(9-7-23)19(20(29)30)15-11-21-16-3-2-13(10-14(15)16)22-17(26)4-5-18(27)28/h2-3,10-11,19,21H,4-9H2,1H3,(H,22,26)(H,27,28)(H,29,30)/t19-/m1/s1. The molecule has 1 aromatic heterocycles. The van der Waals surface area contributed by atoms with Crippen molar-refractivity contribution in [3.05, 3.63) is 30.0 Å². The number of aliphatic carboxylic acids is 2. The Morgan fingerprint density at radius 3 is 2.40 bits per heavy atom. The molecule has 1 fully saturated rings. The first-order chi connectivity index (χ1) is 14.3. The number of anilines is 1. The number of fused-ring (bicyclic) bond motifs is 1. The first-order valence-electron chi connectivity index (χ1n) is 9.61. The molecule has 0 unspecified atom stereocenters. The van der Waals surface area contributed by atoms with E-state index in [2.05, 4.69) is 10.3 Å². The second-order valence-electron chi connectivity index (χ2n) is 7.23. The van der Waals surface area contributed by atoms with Crippen molar-refractivity contribution < 1.29 is 29.4 Å². The lowest BCUT2D eigenvalue weighted by Crippen LogP contribution is -2.50. The number of nitrogens with zero attached hydrogens (tertiary/aromatic N) is 2. The lowest BCUT2D eigenvalue weighted by molar-refractivity contribution is -0.145. The summed E-state index contributed by atoms with van der Waals surface area (Å²) in [5, 5.41) is 21.9. The molecule has 1 atom stereocenters. The number of aromatic amines is 1. The van der Waals surface area contributed by atoms with Crippen molar-refractivity contribution in [3.8, 4) is 0 Å². The molecule has 3 rings (SSSR count). The predicted molar refractivity (Wildman–Crippen MR) is 108 cm³/mol. The van der Waals surface area contributed by atoms with E-state index in [0.717, 1.165) is 5.52 Å². The van der Waals surface area contributed by atoms with Crippen LogP contribution in [-0.2, 0) is 19.2 Å². The smallest absolute Gasteiger partial charge is 0.325 e. The second-order valence-corrected chi connectivity index (χ2v) is 7.23. The van der Waals surface area contributed by atoms with E-state index in [0.29, 0.717) is 42.8 Å². The molecule has 0 aliphatic carbocycles. The Bertz CT molecular complexity index is 977. The van der Waals surface area contributed by atoms with Crippen molar-refractivity contribution in [2.45, 2.75) is 25.8 Å². The Balaban J connectivity index is 1.83. The van der Waals surface area contributed by atoms with E-state index in [1.165, 1.54) is 6.92 Å². The van der Waals surface area contributed by atoms with E-state index in [9.17, 15) is 24.3 Å². The van der Waals surface area contributed by atoms with Crippen LogP contribution in [0.4, 0.5) is 5.69 Å². The fraction of sp³-hybridized carbons (Fsp3) is 0.400. The number of aromatic nitrogens is 1. The number of carboxylic acid groups (broad SMARTS) is 2. The van der Waals surface area contributed by atoms with Crippen molar-refractivity contribution in [1.82, 2.24) is 14.8 Å². The lowest BCUT2D eigenvalue weighted by Gasteiger charge is -2.37. The summed E-state index contributed by atoms with van der Waals surface area (Å²) in [5.74, 6) is -2.51. The molecule has 1 aromatic carbocycles. The topological polar surface area (TPSA) is 143 Å². The van der Waals surface area contributed by atoms with Gasteiger partial charge in [-0.2, -0.15) is 0 Å². The molecular formula is C20H24N4O6. The molecule has 1 saturated heterocycles. The van der Waals surface area contributed by atoms with Crippen LogP contribution < -0.4 is 5.32 Å². The molecular weight excluding hydrogens is 392 g/mol. The summed E-state index contributed by atoms with van der Waals surface area (Å²) in [6, 6.07) is 4.19. The van der Waals surface area contributed by atoms with Gasteiger partial charge >= 0.3 is 11.9 Å². The van der Waals surface area contributed by atoms with Gasteiger partial charge in [-0.05, 0) is 18.2 Å². The van der Waals surface area contributed by atoms with Crippen LogP contribution >= 0.6 is 0 Å². The maximum absolute atomic E-state index is 12.1. The molecule has 2 heterocycles. The maximum atomic E-state index is 12.1. The molecule has 0 spiro atoms. The minimum absolute atomic E-state index is 0.0306. The molecule has 4 N–H and O–H groups in total. The number of carbonyl (C=O) groups excluding carboxylic acids is 2. The molecule has 160 valence electrons. The van der Waals surface area contributed by atoms with Gasteiger partial charge in [-0.15, -0.1) is 0 Å². The van der Waals surface area contributed by atoms with Crippen LogP contribution in [-0.4, -0.2) is 74.9 Å². The highest BCUT2D eigenvalue weighted by molar-refractivity contribution is 5.96. The SMILES string of the molecule is CC(=O)N1CCN([C@@H](C(=O)O)c2c[nH]c3ccc(NC(=O)CCC(=O)O)cc23)CC1. The summed E-state index contributed by atoms with van der Waals surface area (Å²) in [7, 11) is 0. The van der Waals surface area contributed by atoms with Crippen molar-refractivity contribution in [3.63, 3.8) is 0 Å². The van der Waals surface area contributed by atoms with E-state index in [1.54, 1.807) is 29.3 Å². The van der Waals surface area contributed by atoms with Gasteiger partial charge in [0.25, 0.3) is 0 Å². The number of benzene rings is 1. The average molecular weight is 416 g/mol. The quantitative estimate of drug-likeness (QED) is 0.532. The van der Waals surface area contributed by atoms with Gasteiger partial charge in [0.15, 0.2) is 0 Å². The number of hydrogen-bond acceptors (Lipinski definition) is 5. The molecule has 1 aliphatic heterocycles. The molecule has 10 nitrogen and oxygen atoms in total. The molecule has 0 radical (unpaired) electrons. The third-order valence-electron chi connectivity index (χ3n) is 5.22. The minimum Gasteiger partial charge on any atom is -0.481 e. The zero-order valence-corrected chi connectivity index (χ0v) is 16.6. The van der Waals surface area contributed by atoms with Crippen LogP contribution in [0.15, 0.2) is 24.4 Å². The number of rotatable bonds is 7. The summed E-state index contributed by atoms with van der Waals surface area (Å²) in [6.45, 7) is 3.30. The number of nitrogens with one attached hydrogen (secondary N) is 2. The highest BCUT2D eigenvalue weighted by atomic mass is 16.4. The van der Waals surface area contributed by atoms with E-state index in [1.807, 2.05) is 4.90 Å². The highest BCUT2D eigenvalue weighted by Gasteiger charge is 2.32. The average Bonchev–Trinajstić information content (AvgIpc) is 3.09. The highest BCUT2D eigenvalue weighted by Crippen LogP contribution is 2.31. The van der Waals surface area contributed by atoms with Crippen LogP contribution in [0.25, 0.3) is 10.9 Å². The fourth-order valence-electron chi connectivity index (χ4n) is 3.67. The summed E-state index contributed by atoms with van der Waals surface area (Å²) in [6.07, 6.45) is 1.24. The van der Waals surface area contributed by atoms with E-state index < -0.39 is 23.9 Å². The minimum atomic E-state index is -1.05. The van der Waals surface area contributed by atoms with Crippen LogP contribution in [0.3, 0.4) is 0 Å². The van der Waals surface area contributed by atoms with Crippen molar-refractivity contribution in [2.75, 3.05) is 31.5 Å². The molecule has 2 amide bonds. The Labute approximate surface area is 172 Å². The summed E-state index contributed by atoms with van der Waals surface area (Å²) >= 11 is 0. The summed E-state index contributed by atoms with van der Waals surface area (Å²) in [5.41, 5.74) is 1.75. The summed E-state index contributed by atoms with van der Waals surface area (Å²) < 4.78 is 0. The Kier molecular flexibility index (Phi) is 6.36.